The molecule has 3 atom stereocenters. The number of benzene rings is 1. The molecule has 1 nitrogen and oxygen atoms in total. The van der Waals surface area contributed by atoms with Gasteiger partial charge in [-0.15, -0.1) is 0 Å². The van der Waals surface area contributed by atoms with E-state index in [4.69, 9.17) is 0 Å². The maximum Gasteiger partial charge on any atom is 0.164 e. The lowest BCUT2D eigenvalue weighted by molar-refractivity contribution is 0.132. The van der Waals surface area contributed by atoms with Crippen LogP contribution in [0, 0.1) is 29.4 Å². The molecule has 0 aliphatic heterocycles. The van der Waals surface area contributed by atoms with Crippen molar-refractivity contribution in [1.82, 2.24) is 0 Å². The topological polar surface area (TPSA) is 20.2 Å². The van der Waals surface area contributed by atoms with Crippen molar-refractivity contribution in [3.8, 4) is 0 Å². The molecule has 0 aromatic heterocycles. The highest BCUT2D eigenvalue weighted by atomic mass is 19.2. The lowest BCUT2D eigenvalue weighted by Crippen LogP contribution is -2.07. The lowest BCUT2D eigenvalue weighted by atomic mass is 9.99. The van der Waals surface area contributed by atoms with Gasteiger partial charge in [-0.25, -0.2) is 8.78 Å². The molecular weight excluding hydrogens is 210 g/mol. The molecule has 1 N–H and O–H groups in total. The fourth-order valence-corrected chi connectivity index (χ4v) is 3.30. The van der Waals surface area contributed by atoms with Gasteiger partial charge in [-0.3, -0.25) is 0 Å². The van der Waals surface area contributed by atoms with E-state index in [-0.39, 0.29) is 11.5 Å². The van der Waals surface area contributed by atoms with Crippen molar-refractivity contribution in [3.05, 3.63) is 35.4 Å². The summed E-state index contributed by atoms with van der Waals surface area (Å²) in [6.07, 6.45) is 2.64. The van der Waals surface area contributed by atoms with Gasteiger partial charge in [0.15, 0.2) is 11.6 Å². The Hall–Kier alpha value is -0.960. The quantitative estimate of drug-likeness (QED) is 0.818. The molecule has 0 saturated heterocycles. The van der Waals surface area contributed by atoms with Gasteiger partial charge < -0.3 is 5.11 Å². The summed E-state index contributed by atoms with van der Waals surface area (Å²) in [5, 5.41) is 10.1. The molecule has 3 unspecified atom stereocenters. The van der Waals surface area contributed by atoms with E-state index in [1.165, 1.54) is 18.6 Å². The van der Waals surface area contributed by atoms with Gasteiger partial charge in [-0.05, 0) is 36.7 Å². The van der Waals surface area contributed by atoms with Gasteiger partial charge in [0, 0.05) is 5.56 Å². The summed E-state index contributed by atoms with van der Waals surface area (Å²) in [6.45, 7) is 0. The van der Waals surface area contributed by atoms with Crippen LogP contribution in [-0.4, -0.2) is 5.11 Å². The van der Waals surface area contributed by atoms with E-state index in [1.807, 2.05) is 0 Å². The molecule has 1 aromatic rings. The molecule has 0 spiro atoms. The van der Waals surface area contributed by atoms with Gasteiger partial charge in [0.1, 0.15) is 0 Å². The number of fused-ring (bicyclic) bond motifs is 1. The molecule has 86 valence electrons. The van der Waals surface area contributed by atoms with Crippen molar-refractivity contribution < 1.29 is 13.9 Å². The zero-order chi connectivity index (χ0) is 11.3. The maximum atomic E-state index is 13.5. The highest BCUT2D eigenvalue weighted by molar-refractivity contribution is 5.24. The first kappa shape index (κ1) is 10.2. The third-order valence-electron chi connectivity index (χ3n) is 4.14. The third kappa shape index (κ3) is 1.38. The molecule has 3 heteroatoms. The van der Waals surface area contributed by atoms with Crippen molar-refractivity contribution in [2.75, 3.05) is 0 Å². The highest BCUT2D eigenvalue weighted by Gasteiger charge is 2.56. The fourth-order valence-electron chi connectivity index (χ4n) is 3.30. The van der Waals surface area contributed by atoms with Crippen LogP contribution < -0.4 is 0 Å². The van der Waals surface area contributed by atoms with Gasteiger partial charge in [0.2, 0.25) is 0 Å². The molecule has 2 saturated carbocycles. The molecule has 2 aliphatic carbocycles. The average molecular weight is 224 g/mol. The Labute approximate surface area is 93.1 Å². The second-order valence-corrected chi connectivity index (χ2v) is 4.92. The van der Waals surface area contributed by atoms with Crippen LogP contribution in [0.15, 0.2) is 18.2 Å². The largest absolute Gasteiger partial charge is 0.388 e. The second kappa shape index (κ2) is 3.52. The molecule has 3 rings (SSSR count). The van der Waals surface area contributed by atoms with Crippen LogP contribution in [0.3, 0.4) is 0 Å². The molecule has 0 amide bonds. The average Bonchev–Trinajstić information content (AvgIpc) is 2.75. The lowest BCUT2D eigenvalue weighted by Gasteiger charge is -2.13. The van der Waals surface area contributed by atoms with Gasteiger partial charge in [0.25, 0.3) is 0 Å². The number of aliphatic hydroxyl groups is 1. The Bertz CT molecular complexity index is 408. The van der Waals surface area contributed by atoms with Crippen molar-refractivity contribution in [2.45, 2.75) is 25.4 Å². The predicted octanol–water partition coefficient (Wildman–Crippen LogP) is 3.04. The minimum atomic E-state index is -0.889. The van der Waals surface area contributed by atoms with E-state index >= 15 is 0 Å². The van der Waals surface area contributed by atoms with E-state index in [0.717, 1.165) is 18.9 Å². The summed E-state index contributed by atoms with van der Waals surface area (Å²) in [6, 6.07) is 4.02. The SMILES string of the molecule is OC(c1cccc(F)c1F)C1C2CCCC21. The molecular formula is C13H14F2O. The summed E-state index contributed by atoms with van der Waals surface area (Å²) in [5.74, 6) is -0.525. The molecule has 2 aliphatic rings. The molecule has 16 heavy (non-hydrogen) atoms. The van der Waals surface area contributed by atoms with Crippen molar-refractivity contribution in [3.63, 3.8) is 0 Å². The van der Waals surface area contributed by atoms with Gasteiger partial charge >= 0.3 is 0 Å². The van der Waals surface area contributed by atoms with Crippen LogP contribution in [-0.2, 0) is 0 Å². The first-order valence-electron chi connectivity index (χ1n) is 5.82. The first-order chi connectivity index (χ1) is 7.70. The van der Waals surface area contributed by atoms with Crippen molar-refractivity contribution in [2.24, 2.45) is 17.8 Å². The van der Waals surface area contributed by atoms with Crippen LogP contribution in [0.2, 0.25) is 0 Å². The standard InChI is InChI=1S/C13H14F2O/c14-10-6-2-5-9(12(10)15)13(16)11-7-3-1-4-8(7)11/h2,5-8,11,13,16H,1,3-4H2. The van der Waals surface area contributed by atoms with E-state index in [9.17, 15) is 13.9 Å². The molecule has 0 bridgehead atoms. The Balaban J connectivity index is 1.85. The van der Waals surface area contributed by atoms with Crippen LogP contribution in [0.4, 0.5) is 8.78 Å². The summed E-state index contributed by atoms with van der Waals surface area (Å²) < 4.78 is 26.5. The highest BCUT2D eigenvalue weighted by Crippen LogP contribution is 2.62. The zero-order valence-corrected chi connectivity index (χ0v) is 8.87. The summed E-state index contributed by atoms with van der Waals surface area (Å²) in [4.78, 5) is 0. The van der Waals surface area contributed by atoms with E-state index in [2.05, 4.69) is 0 Å². The number of halogens is 2. The summed E-state index contributed by atoms with van der Waals surface area (Å²) in [7, 11) is 0. The van der Waals surface area contributed by atoms with E-state index in [1.54, 1.807) is 0 Å². The van der Waals surface area contributed by atoms with E-state index < -0.39 is 17.7 Å². The first-order valence-corrected chi connectivity index (χ1v) is 5.82. The smallest absolute Gasteiger partial charge is 0.164 e. The zero-order valence-electron chi connectivity index (χ0n) is 8.87. The Morgan fingerprint density at radius 1 is 1.19 bits per heavy atom. The van der Waals surface area contributed by atoms with Gasteiger partial charge in [-0.2, -0.15) is 0 Å². The predicted molar refractivity (Wildman–Crippen MR) is 55.6 cm³/mol. The van der Waals surface area contributed by atoms with Crippen molar-refractivity contribution in [1.29, 1.82) is 0 Å². The minimum Gasteiger partial charge on any atom is -0.388 e. The summed E-state index contributed by atoms with van der Waals surface area (Å²) in [5.41, 5.74) is 0.124. The van der Waals surface area contributed by atoms with Crippen LogP contribution in [0.5, 0.6) is 0 Å². The number of hydrogen-bond acceptors (Lipinski definition) is 1. The molecule has 2 fully saturated rings. The third-order valence-corrected chi connectivity index (χ3v) is 4.14. The van der Waals surface area contributed by atoms with Gasteiger partial charge in [0.05, 0.1) is 6.10 Å². The number of hydrogen-bond donors (Lipinski definition) is 1. The van der Waals surface area contributed by atoms with Gasteiger partial charge in [-0.1, -0.05) is 18.6 Å². The second-order valence-electron chi connectivity index (χ2n) is 4.92. The Morgan fingerprint density at radius 3 is 2.56 bits per heavy atom. The maximum absolute atomic E-state index is 13.5. The Kier molecular flexibility index (Phi) is 2.25. The minimum absolute atomic E-state index is 0.124. The van der Waals surface area contributed by atoms with E-state index in [0.29, 0.717) is 11.8 Å². The van der Waals surface area contributed by atoms with Crippen molar-refractivity contribution >= 4 is 0 Å². The molecule has 0 radical (unpaired) electrons. The fraction of sp³-hybridized carbons (Fsp3) is 0.538. The Morgan fingerprint density at radius 2 is 1.88 bits per heavy atom. The monoisotopic (exact) mass is 224 g/mol. The summed E-state index contributed by atoms with van der Waals surface area (Å²) >= 11 is 0. The normalized spacial score (nSPS) is 33.6. The van der Waals surface area contributed by atoms with Crippen LogP contribution in [0.1, 0.15) is 30.9 Å². The number of aliphatic hydroxyl groups excluding tert-OH is 1. The molecule has 1 aromatic carbocycles. The van der Waals surface area contributed by atoms with Crippen LogP contribution in [0.25, 0.3) is 0 Å². The molecule has 0 heterocycles. The number of rotatable bonds is 2. The van der Waals surface area contributed by atoms with Crippen LogP contribution >= 0.6 is 0 Å².